The number of aromatic hydroxyl groups is 1. The molecule has 0 bridgehead atoms. The fourth-order valence-corrected chi connectivity index (χ4v) is 8.88. The molecule has 0 radical (unpaired) electrons. The predicted octanol–water partition coefficient (Wildman–Crippen LogP) is 14.1. The van der Waals surface area contributed by atoms with Crippen molar-refractivity contribution in [2.24, 2.45) is 0 Å². The van der Waals surface area contributed by atoms with Crippen molar-refractivity contribution in [3.8, 4) is 35.5 Å². The topological polar surface area (TPSA) is 279 Å². The Bertz CT molecular complexity index is 3290. The van der Waals surface area contributed by atoms with Gasteiger partial charge < -0.3 is 30.1 Å². The first-order valence-corrected chi connectivity index (χ1v) is 26.2. The summed E-state index contributed by atoms with van der Waals surface area (Å²) >= 11 is 35.8. The first-order chi connectivity index (χ1) is 35.1. The Morgan fingerprint density at radius 2 is 0.838 bits per heavy atom. The molecule has 384 valence electrons. The number of halogens is 6. The molecule has 0 saturated heterocycles. The van der Waals surface area contributed by atoms with E-state index in [1.54, 1.807) is 13.8 Å². The van der Waals surface area contributed by atoms with Gasteiger partial charge in [0.15, 0.2) is 0 Å². The second kappa shape index (κ2) is 28.3. The first kappa shape index (κ1) is 60.2. The molecule has 0 aliphatic carbocycles. The lowest BCUT2D eigenvalue weighted by Gasteiger charge is -2.19. The number of phenols is 1. The zero-order valence-electron chi connectivity index (χ0n) is 38.5. The number of phenolic OH excluding ortho intramolecular Hbond substituents is 1. The second-order valence-electron chi connectivity index (χ2n) is 14.1. The molecule has 0 spiro atoms. The number of amides is 3. The van der Waals surface area contributed by atoms with Crippen molar-refractivity contribution < 1.29 is 56.1 Å². The number of phosphoric acid groups is 2. The molecule has 1 unspecified atom stereocenters. The molecule has 0 aromatic heterocycles. The Hall–Kier alpha value is -6.36. The maximum Gasteiger partial charge on any atom is 0.530 e. The molecule has 1 atom stereocenters. The number of anilines is 3. The highest BCUT2D eigenvalue weighted by molar-refractivity contribution is 7.49. The highest BCUT2D eigenvalue weighted by Gasteiger charge is 2.30. The van der Waals surface area contributed by atoms with Crippen molar-refractivity contribution in [3.63, 3.8) is 0 Å². The van der Waals surface area contributed by atoms with Gasteiger partial charge in [0, 0.05) is 15.1 Å². The summed E-state index contributed by atoms with van der Waals surface area (Å²) in [5, 5.41) is 45.2. The van der Waals surface area contributed by atoms with Gasteiger partial charge in [0.05, 0.1) is 104 Å². The van der Waals surface area contributed by atoms with Crippen LogP contribution in [0.2, 0.25) is 30.1 Å². The fourth-order valence-electron chi connectivity index (χ4n) is 5.68. The summed E-state index contributed by atoms with van der Waals surface area (Å²) in [5.41, 5.74) is 1.90. The van der Waals surface area contributed by atoms with Crippen molar-refractivity contribution >= 4 is 120 Å². The van der Waals surface area contributed by atoms with Gasteiger partial charge >= 0.3 is 15.6 Å². The SMILES string of the molecule is CCOP(=O)(O)Oc1ccc(Cl)cc1C(=O)Nc1ccc(C#N)cc1Cl.CCOP(=O)(OCC)Oc1ccc(Cl)cc1C(=O)Nc1ccc(C#N)cc1Cl.N#Cc1ccc(NC(=O)c2cc(Cl)ccc2O)c(Cl)c1. The number of hydrogen-bond acceptors (Lipinski definition) is 14. The van der Waals surface area contributed by atoms with Crippen LogP contribution in [0.5, 0.6) is 17.2 Å². The lowest BCUT2D eigenvalue weighted by molar-refractivity contribution is 0.101. The van der Waals surface area contributed by atoms with E-state index in [9.17, 15) is 33.5 Å². The lowest BCUT2D eigenvalue weighted by atomic mass is 10.1. The van der Waals surface area contributed by atoms with Gasteiger partial charge in [0.2, 0.25) is 0 Å². The molecule has 6 aromatic rings. The van der Waals surface area contributed by atoms with Crippen LogP contribution in [-0.4, -0.2) is 47.5 Å². The van der Waals surface area contributed by atoms with Gasteiger partial charge in [-0.2, -0.15) is 15.8 Å². The van der Waals surface area contributed by atoms with E-state index < -0.39 is 33.4 Å². The Labute approximate surface area is 453 Å². The molecule has 0 aliphatic heterocycles. The summed E-state index contributed by atoms with van der Waals surface area (Å²) in [6.45, 7) is 4.92. The van der Waals surface area contributed by atoms with Crippen molar-refractivity contribution in [1.29, 1.82) is 15.8 Å². The molecule has 6 aromatic carbocycles. The third kappa shape index (κ3) is 17.9. The molecule has 26 heteroatoms. The first-order valence-electron chi connectivity index (χ1n) is 20.9. The van der Waals surface area contributed by atoms with Crippen LogP contribution in [0, 0.1) is 34.0 Å². The number of nitrogens with zero attached hydrogens (tertiary/aromatic N) is 3. The number of phosphoric ester groups is 2. The maximum absolute atomic E-state index is 12.8. The molecule has 0 fully saturated rings. The number of hydrogen-bond donors (Lipinski definition) is 5. The van der Waals surface area contributed by atoms with Gasteiger partial charge in [-0.3, -0.25) is 32.8 Å². The summed E-state index contributed by atoms with van der Waals surface area (Å²) in [6.07, 6.45) is 0. The number of carbonyl (C=O) groups excluding carboxylic acids is 3. The van der Waals surface area contributed by atoms with Crippen LogP contribution in [0.4, 0.5) is 17.1 Å². The summed E-state index contributed by atoms with van der Waals surface area (Å²) in [6, 6.07) is 31.4. The molecule has 0 saturated carbocycles. The van der Waals surface area contributed by atoms with Gasteiger partial charge in [-0.1, -0.05) is 69.6 Å². The lowest BCUT2D eigenvalue weighted by Crippen LogP contribution is -2.14. The van der Waals surface area contributed by atoms with Crippen molar-refractivity contribution in [3.05, 3.63) is 173 Å². The van der Waals surface area contributed by atoms with Crippen molar-refractivity contribution in [2.75, 3.05) is 35.8 Å². The zero-order valence-corrected chi connectivity index (χ0v) is 44.8. The normalized spacial score (nSPS) is 11.3. The van der Waals surface area contributed by atoms with Crippen LogP contribution in [0.1, 0.15) is 68.5 Å². The minimum atomic E-state index is -4.38. The maximum atomic E-state index is 12.8. The summed E-state index contributed by atoms with van der Waals surface area (Å²) in [5.74, 6) is -2.23. The monoisotopic (exact) mass is 1160 g/mol. The molecule has 74 heavy (non-hydrogen) atoms. The van der Waals surface area contributed by atoms with E-state index in [-0.39, 0.29) is 90.2 Å². The van der Waals surface area contributed by atoms with E-state index in [4.69, 9.17) is 103 Å². The minimum Gasteiger partial charge on any atom is -0.507 e. The quantitative estimate of drug-likeness (QED) is 0.0563. The van der Waals surface area contributed by atoms with E-state index in [0.29, 0.717) is 27.4 Å². The Balaban J connectivity index is 0.000000244. The van der Waals surface area contributed by atoms with Crippen LogP contribution >= 0.6 is 85.3 Å². The van der Waals surface area contributed by atoms with Gasteiger partial charge in [-0.25, -0.2) is 9.13 Å². The van der Waals surface area contributed by atoms with Gasteiger partial charge in [0.25, 0.3) is 17.7 Å². The van der Waals surface area contributed by atoms with Crippen LogP contribution in [0.25, 0.3) is 0 Å². The Morgan fingerprint density at radius 1 is 0.500 bits per heavy atom. The van der Waals surface area contributed by atoms with E-state index in [2.05, 4.69) is 20.5 Å². The largest absolute Gasteiger partial charge is 0.530 e. The molecule has 18 nitrogen and oxygen atoms in total. The average molecular weight is 1170 g/mol. The molecular weight excluding hydrogens is 1130 g/mol. The number of benzene rings is 6. The Kier molecular flexibility index (Phi) is 23.1. The van der Waals surface area contributed by atoms with Crippen molar-refractivity contribution in [2.45, 2.75) is 20.8 Å². The number of nitrogens with one attached hydrogen (secondary N) is 3. The van der Waals surface area contributed by atoms with Crippen LogP contribution in [0.3, 0.4) is 0 Å². The predicted molar refractivity (Wildman–Crippen MR) is 282 cm³/mol. The van der Waals surface area contributed by atoms with Crippen LogP contribution in [0.15, 0.2) is 109 Å². The highest BCUT2D eigenvalue weighted by atomic mass is 35.5. The summed E-state index contributed by atoms with van der Waals surface area (Å²) < 4.78 is 49.6. The molecule has 0 aliphatic rings. The van der Waals surface area contributed by atoms with Gasteiger partial charge in [-0.15, -0.1) is 0 Å². The minimum absolute atomic E-state index is 0.00700. The number of rotatable bonds is 16. The number of carbonyl (C=O) groups is 3. The summed E-state index contributed by atoms with van der Waals surface area (Å²) in [7, 11) is -8.29. The van der Waals surface area contributed by atoms with E-state index >= 15 is 0 Å². The standard InChI is InChI=1S/C18H17Cl2N2O5P.C16H13Cl2N2O5P.C14H8Cl2N2O2/c1-3-25-28(24,26-4-2)27-17-8-6-13(19)10-14(17)18(23)22-16-7-5-12(11-21)9-15(16)20;1-2-24-26(22,23)25-15-6-4-11(17)8-12(15)16(21)20-14-5-3-10(9-19)7-13(14)18;15-9-2-4-13(19)10(6-9)14(20)18-12-3-1-8(7-17)5-11(12)16/h5-10H,3-4H2,1-2H3,(H,22,23);3-8H,2H2,1H3,(H,20,21)(H,22,23);1-6,19H,(H,18,20). The smallest absolute Gasteiger partial charge is 0.507 e. The van der Waals surface area contributed by atoms with E-state index in [0.717, 1.165) is 0 Å². The van der Waals surface area contributed by atoms with Gasteiger partial charge in [-0.05, 0) is 130 Å². The molecule has 5 N–H and O–H groups in total. The average Bonchev–Trinajstić information content (AvgIpc) is 3.35. The van der Waals surface area contributed by atoms with Gasteiger partial charge in [0.1, 0.15) is 17.2 Å². The van der Waals surface area contributed by atoms with E-state index in [1.807, 2.05) is 18.2 Å². The second-order valence-corrected chi connectivity index (χ2v) is 19.6. The fraction of sp³-hybridized carbons (Fsp3) is 0.125. The van der Waals surface area contributed by atoms with Crippen LogP contribution < -0.4 is 25.0 Å². The third-order valence-corrected chi connectivity index (χ3v) is 13.1. The number of nitriles is 3. The zero-order chi connectivity index (χ0) is 54.8. The van der Waals surface area contributed by atoms with E-state index in [1.165, 1.54) is 116 Å². The molecule has 0 heterocycles. The van der Waals surface area contributed by atoms with Crippen LogP contribution in [-0.2, 0) is 22.7 Å². The Morgan fingerprint density at radius 3 is 1.19 bits per heavy atom. The molecule has 6 rings (SSSR count). The highest BCUT2D eigenvalue weighted by Crippen LogP contribution is 2.50. The molecule has 3 amide bonds. The summed E-state index contributed by atoms with van der Waals surface area (Å²) in [4.78, 5) is 47.0. The molecular formula is C48H38Cl6N6O12P2. The third-order valence-electron chi connectivity index (χ3n) is 8.91. The van der Waals surface area contributed by atoms with Crippen molar-refractivity contribution in [1.82, 2.24) is 0 Å².